The Morgan fingerprint density at radius 3 is 2.77 bits per heavy atom. The second-order valence-electron chi connectivity index (χ2n) is 7.52. The number of hydrogen-bond donors (Lipinski definition) is 1. The highest BCUT2D eigenvalue weighted by Crippen LogP contribution is 2.40. The molecule has 1 amide bonds. The molecule has 4 rings (SSSR count). The third-order valence-corrected chi connectivity index (χ3v) is 5.65. The van der Waals surface area contributed by atoms with Crippen LogP contribution in [-0.4, -0.2) is 36.0 Å². The van der Waals surface area contributed by atoms with Gasteiger partial charge < -0.3 is 10.1 Å². The lowest BCUT2D eigenvalue weighted by molar-refractivity contribution is 0.0932. The van der Waals surface area contributed by atoms with E-state index in [1.807, 2.05) is 18.2 Å². The van der Waals surface area contributed by atoms with Gasteiger partial charge in [-0.3, -0.25) is 9.69 Å². The van der Waals surface area contributed by atoms with Crippen molar-refractivity contribution in [2.24, 2.45) is 0 Å². The molecule has 0 unspecified atom stereocenters. The number of hydrogen-bond acceptors (Lipinski definition) is 3. The molecule has 0 aromatic heterocycles. The lowest BCUT2D eigenvalue weighted by atomic mass is 9.96. The first-order chi connectivity index (χ1) is 12.6. The molecule has 2 aliphatic rings. The van der Waals surface area contributed by atoms with Gasteiger partial charge in [-0.15, -0.1) is 0 Å². The second-order valence-corrected chi connectivity index (χ2v) is 7.52. The molecule has 2 aromatic carbocycles. The standard InChI is InChI=1S/C22H26N2O2/c1-15-16(2)26-21-19(15)9-6-10-20(21)22(25)23-18-11-12-24(14-18)13-17-7-4-3-5-8-17/h3-10,15-16,18H,11-14H2,1-2H3,(H,23,25)/t15-,16+,18-/m1/s1. The number of nitrogens with one attached hydrogen (secondary N) is 1. The molecule has 0 saturated carbocycles. The molecule has 2 aliphatic heterocycles. The SMILES string of the molecule is C[C@@H]1Oc2c(C(=O)N[C@@H]3CCN(Cc4ccccc4)C3)cccc2[C@@H]1C. The number of benzene rings is 2. The summed E-state index contributed by atoms with van der Waals surface area (Å²) in [5.41, 5.74) is 3.12. The highest BCUT2D eigenvalue weighted by Gasteiger charge is 2.32. The fourth-order valence-electron chi connectivity index (χ4n) is 3.96. The molecule has 1 fully saturated rings. The molecule has 0 spiro atoms. The van der Waals surface area contributed by atoms with Gasteiger partial charge in [-0.1, -0.05) is 49.4 Å². The zero-order valence-electron chi connectivity index (χ0n) is 15.4. The summed E-state index contributed by atoms with van der Waals surface area (Å²) < 4.78 is 5.96. The van der Waals surface area contributed by atoms with E-state index in [0.717, 1.165) is 37.4 Å². The third kappa shape index (κ3) is 3.34. The summed E-state index contributed by atoms with van der Waals surface area (Å²) in [5.74, 6) is 1.07. The number of carbonyl (C=O) groups is 1. The minimum atomic E-state index is -0.0188. The Morgan fingerprint density at radius 1 is 1.15 bits per heavy atom. The summed E-state index contributed by atoms with van der Waals surface area (Å²) in [4.78, 5) is 15.2. The van der Waals surface area contributed by atoms with Crippen LogP contribution >= 0.6 is 0 Å². The predicted octanol–water partition coefficient (Wildman–Crippen LogP) is 3.58. The molecule has 0 radical (unpaired) electrons. The van der Waals surface area contributed by atoms with E-state index in [0.29, 0.717) is 11.5 Å². The van der Waals surface area contributed by atoms with E-state index >= 15 is 0 Å². The van der Waals surface area contributed by atoms with Gasteiger partial charge in [0.25, 0.3) is 5.91 Å². The van der Waals surface area contributed by atoms with Crippen LogP contribution in [0.3, 0.4) is 0 Å². The summed E-state index contributed by atoms with van der Waals surface area (Å²) in [7, 11) is 0. The van der Waals surface area contributed by atoms with E-state index < -0.39 is 0 Å². The Balaban J connectivity index is 1.39. The van der Waals surface area contributed by atoms with Crippen molar-refractivity contribution in [3.63, 3.8) is 0 Å². The van der Waals surface area contributed by atoms with Crippen LogP contribution in [0.15, 0.2) is 48.5 Å². The van der Waals surface area contributed by atoms with Crippen molar-refractivity contribution in [3.8, 4) is 5.75 Å². The molecule has 0 bridgehead atoms. The molecular formula is C22H26N2O2. The Hall–Kier alpha value is -2.33. The summed E-state index contributed by atoms with van der Waals surface area (Å²) in [6.45, 7) is 7.05. The van der Waals surface area contributed by atoms with E-state index in [4.69, 9.17) is 4.74 Å². The van der Waals surface area contributed by atoms with Crippen LogP contribution in [0.5, 0.6) is 5.75 Å². The fourth-order valence-corrected chi connectivity index (χ4v) is 3.96. The monoisotopic (exact) mass is 350 g/mol. The van der Waals surface area contributed by atoms with E-state index in [1.54, 1.807) is 0 Å². The molecule has 1 N–H and O–H groups in total. The van der Waals surface area contributed by atoms with Gasteiger partial charge in [-0.05, 0) is 25.0 Å². The van der Waals surface area contributed by atoms with Gasteiger partial charge in [-0.25, -0.2) is 0 Å². The average molecular weight is 350 g/mol. The number of fused-ring (bicyclic) bond motifs is 1. The van der Waals surface area contributed by atoms with Crippen molar-refractivity contribution in [1.29, 1.82) is 0 Å². The van der Waals surface area contributed by atoms with Gasteiger partial charge in [-0.2, -0.15) is 0 Å². The van der Waals surface area contributed by atoms with Crippen LogP contribution in [0.4, 0.5) is 0 Å². The van der Waals surface area contributed by atoms with Crippen molar-refractivity contribution in [2.75, 3.05) is 13.1 Å². The quantitative estimate of drug-likeness (QED) is 0.916. The smallest absolute Gasteiger partial charge is 0.255 e. The Bertz CT molecular complexity index is 790. The molecule has 0 aliphatic carbocycles. The van der Waals surface area contributed by atoms with Gasteiger partial charge >= 0.3 is 0 Å². The number of nitrogens with zero attached hydrogens (tertiary/aromatic N) is 1. The minimum absolute atomic E-state index is 0.0188. The third-order valence-electron chi connectivity index (χ3n) is 5.65. The average Bonchev–Trinajstić information content (AvgIpc) is 3.20. The van der Waals surface area contributed by atoms with Gasteiger partial charge in [0, 0.05) is 37.2 Å². The number of para-hydroxylation sites is 1. The van der Waals surface area contributed by atoms with E-state index in [9.17, 15) is 4.79 Å². The zero-order valence-corrected chi connectivity index (χ0v) is 15.4. The molecule has 4 heteroatoms. The first kappa shape index (κ1) is 17.1. The minimum Gasteiger partial charge on any atom is -0.489 e. The van der Waals surface area contributed by atoms with Crippen LogP contribution in [0.2, 0.25) is 0 Å². The number of amides is 1. The Kier molecular flexibility index (Phi) is 4.68. The zero-order chi connectivity index (χ0) is 18.1. The van der Waals surface area contributed by atoms with Crippen molar-refractivity contribution in [1.82, 2.24) is 10.2 Å². The highest BCUT2D eigenvalue weighted by molar-refractivity contribution is 5.97. The van der Waals surface area contributed by atoms with Crippen LogP contribution in [0.1, 0.15) is 47.7 Å². The van der Waals surface area contributed by atoms with E-state index in [-0.39, 0.29) is 18.1 Å². The van der Waals surface area contributed by atoms with Crippen LogP contribution in [-0.2, 0) is 6.54 Å². The molecule has 136 valence electrons. The largest absolute Gasteiger partial charge is 0.489 e. The van der Waals surface area contributed by atoms with Gasteiger partial charge in [0.15, 0.2) is 0 Å². The maximum atomic E-state index is 12.8. The van der Waals surface area contributed by atoms with Crippen molar-refractivity contribution >= 4 is 5.91 Å². The summed E-state index contributed by atoms with van der Waals surface area (Å²) in [6, 6.07) is 16.6. The molecule has 2 heterocycles. The van der Waals surface area contributed by atoms with E-state index in [1.165, 1.54) is 5.56 Å². The summed E-state index contributed by atoms with van der Waals surface area (Å²) >= 11 is 0. The molecule has 2 aromatic rings. The molecule has 3 atom stereocenters. The Labute approximate surface area is 155 Å². The summed E-state index contributed by atoms with van der Waals surface area (Å²) in [6.07, 6.45) is 1.10. The van der Waals surface area contributed by atoms with Gasteiger partial charge in [0.2, 0.25) is 0 Å². The predicted molar refractivity (Wildman–Crippen MR) is 103 cm³/mol. The number of likely N-dealkylation sites (tertiary alicyclic amines) is 1. The Morgan fingerprint density at radius 2 is 1.96 bits per heavy atom. The van der Waals surface area contributed by atoms with Crippen molar-refractivity contribution < 1.29 is 9.53 Å². The van der Waals surface area contributed by atoms with Crippen LogP contribution in [0, 0.1) is 0 Å². The second kappa shape index (κ2) is 7.12. The van der Waals surface area contributed by atoms with Crippen molar-refractivity contribution in [3.05, 3.63) is 65.2 Å². The van der Waals surface area contributed by atoms with Gasteiger partial charge in [0.05, 0.1) is 5.56 Å². The first-order valence-electron chi connectivity index (χ1n) is 9.48. The molecule has 4 nitrogen and oxygen atoms in total. The normalized spacial score (nSPS) is 24.9. The summed E-state index contributed by atoms with van der Waals surface area (Å²) in [5, 5.41) is 3.21. The van der Waals surface area contributed by atoms with Gasteiger partial charge in [0.1, 0.15) is 11.9 Å². The number of rotatable bonds is 4. The van der Waals surface area contributed by atoms with Crippen LogP contribution < -0.4 is 10.1 Å². The topological polar surface area (TPSA) is 41.6 Å². The van der Waals surface area contributed by atoms with E-state index in [2.05, 4.69) is 54.4 Å². The number of carbonyl (C=O) groups excluding carboxylic acids is 1. The van der Waals surface area contributed by atoms with Crippen molar-refractivity contribution in [2.45, 2.75) is 44.9 Å². The lowest BCUT2D eigenvalue weighted by Gasteiger charge is -2.17. The highest BCUT2D eigenvalue weighted by atomic mass is 16.5. The number of ether oxygens (including phenoxy) is 1. The first-order valence-corrected chi connectivity index (χ1v) is 9.48. The maximum Gasteiger partial charge on any atom is 0.255 e. The molecular weight excluding hydrogens is 324 g/mol. The lowest BCUT2D eigenvalue weighted by Crippen LogP contribution is -2.37. The fraction of sp³-hybridized carbons (Fsp3) is 0.409. The molecule has 26 heavy (non-hydrogen) atoms. The van der Waals surface area contributed by atoms with Crippen LogP contribution in [0.25, 0.3) is 0 Å². The molecule has 1 saturated heterocycles. The maximum absolute atomic E-state index is 12.8.